The highest BCUT2D eigenvalue weighted by Crippen LogP contribution is 2.39. The maximum Gasteiger partial charge on any atom is 0.125 e. The van der Waals surface area contributed by atoms with E-state index in [2.05, 4.69) is 24.5 Å². The molecule has 0 N–H and O–H groups in total. The Morgan fingerprint density at radius 3 is 2.81 bits per heavy atom. The molecule has 0 amide bonds. The topological polar surface area (TPSA) is 27.1 Å². The molecule has 0 aliphatic heterocycles. The van der Waals surface area contributed by atoms with E-state index in [1.54, 1.807) is 7.11 Å². The van der Waals surface area contributed by atoms with Crippen LogP contribution < -0.4 is 4.74 Å². The van der Waals surface area contributed by atoms with Crippen molar-refractivity contribution in [3.63, 3.8) is 0 Å². The van der Waals surface area contributed by atoms with E-state index in [-0.39, 0.29) is 0 Å². The lowest BCUT2D eigenvalue weighted by Gasteiger charge is -2.34. The summed E-state index contributed by atoms with van der Waals surface area (Å²) in [5.74, 6) is 3.76. The van der Waals surface area contributed by atoms with Gasteiger partial charge in [-0.25, -0.2) is 4.98 Å². The lowest BCUT2D eigenvalue weighted by molar-refractivity contribution is 0.209. The summed E-state index contributed by atoms with van der Waals surface area (Å²) in [7, 11) is 1.69. The Kier molecular flexibility index (Phi) is 4.12. The first kappa shape index (κ1) is 14.7. The number of rotatable bonds is 3. The molecule has 1 aromatic carbocycles. The first-order chi connectivity index (χ1) is 10.1. The second-order valence-electron chi connectivity index (χ2n) is 6.35. The average Bonchev–Trinajstić information content (AvgIpc) is 2.84. The second kappa shape index (κ2) is 5.88. The third-order valence-electron chi connectivity index (χ3n) is 4.81. The van der Waals surface area contributed by atoms with E-state index in [9.17, 15) is 0 Å². The third-order valence-corrected chi connectivity index (χ3v) is 5.05. The minimum absolute atomic E-state index is 0.454. The zero-order valence-corrected chi connectivity index (χ0v) is 13.7. The number of methoxy groups -OCH3 is 1. The standard InChI is InChI=1S/C17H23ClN2O/c1-11-4-6-15(12(2)8-11)20-16-7-5-13(21-3)9-14(16)19-17(20)10-18/h5,7,9,11-12,15H,4,6,8,10H2,1-3H3. The minimum atomic E-state index is 0.454. The van der Waals surface area contributed by atoms with Crippen LogP contribution in [0, 0.1) is 11.8 Å². The maximum atomic E-state index is 6.16. The number of halogens is 1. The largest absolute Gasteiger partial charge is 0.497 e. The summed E-state index contributed by atoms with van der Waals surface area (Å²) >= 11 is 6.16. The van der Waals surface area contributed by atoms with Gasteiger partial charge < -0.3 is 9.30 Å². The van der Waals surface area contributed by atoms with E-state index in [1.807, 2.05) is 12.1 Å². The number of ether oxygens (including phenoxy) is 1. The van der Waals surface area contributed by atoms with E-state index in [4.69, 9.17) is 21.3 Å². The highest BCUT2D eigenvalue weighted by atomic mass is 35.5. The number of nitrogens with zero attached hydrogens (tertiary/aromatic N) is 2. The van der Waals surface area contributed by atoms with E-state index >= 15 is 0 Å². The lowest BCUT2D eigenvalue weighted by Crippen LogP contribution is -2.25. The van der Waals surface area contributed by atoms with Crippen LogP contribution in [0.1, 0.15) is 45.0 Å². The molecule has 1 aliphatic rings. The Morgan fingerprint density at radius 2 is 2.14 bits per heavy atom. The van der Waals surface area contributed by atoms with Gasteiger partial charge in [0.1, 0.15) is 11.6 Å². The quantitative estimate of drug-likeness (QED) is 0.763. The van der Waals surface area contributed by atoms with Crippen LogP contribution in [0.3, 0.4) is 0 Å². The molecule has 1 saturated carbocycles. The van der Waals surface area contributed by atoms with Gasteiger partial charge in [-0.1, -0.05) is 13.8 Å². The summed E-state index contributed by atoms with van der Waals surface area (Å²) in [4.78, 5) is 4.72. The summed E-state index contributed by atoms with van der Waals surface area (Å²) in [5, 5.41) is 0. The van der Waals surface area contributed by atoms with Gasteiger partial charge in [0.05, 0.1) is 24.0 Å². The van der Waals surface area contributed by atoms with Gasteiger partial charge in [-0.05, 0) is 43.2 Å². The van der Waals surface area contributed by atoms with Gasteiger partial charge in [0.25, 0.3) is 0 Å². The van der Waals surface area contributed by atoms with Crippen molar-refractivity contribution in [1.82, 2.24) is 9.55 Å². The van der Waals surface area contributed by atoms with E-state index in [1.165, 1.54) is 24.8 Å². The van der Waals surface area contributed by atoms with Crippen LogP contribution in [-0.2, 0) is 5.88 Å². The number of benzene rings is 1. The van der Waals surface area contributed by atoms with E-state index < -0.39 is 0 Å². The zero-order valence-electron chi connectivity index (χ0n) is 13.0. The van der Waals surface area contributed by atoms with Gasteiger partial charge in [-0.15, -0.1) is 11.6 Å². The molecule has 1 aromatic heterocycles. The fraction of sp³-hybridized carbons (Fsp3) is 0.588. The first-order valence-electron chi connectivity index (χ1n) is 7.74. The average molecular weight is 307 g/mol. The fourth-order valence-electron chi connectivity index (χ4n) is 3.75. The van der Waals surface area contributed by atoms with Gasteiger partial charge in [0, 0.05) is 12.1 Å². The molecule has 114 valence electrons. The summed E-state index contributed by atoms with van der Waals surface area (Å²) < 4.78 is 7.68. The molecule has 21 heavy (non-hydrogen) atoms. The minimum Gasteiger partial charge on any atom is -0.497 e. The Bertz CT molecular complexity index is 637. The monoisotopic (exact) mass is 306 g/mol. The van der Waals surface area contributed by atoms with Crippen molar-refractivity contribution in [2.45, 2.75) is 45.0 Å². The highest BCUT2D eigenvalue weighted by Gasteiger charge is 2.29. The molecule has 3 unspecified atom stereocenters. The Morgan fingerprint density at radius 1 is 1.33 bits per heavy atom. The van der Waals surface area contributed by atoms with Crippen LogP contribution in [0.15, 0.2) is 18.2 Å². The maximum absolute atomic E-state index is 6.16. The molecule has 0 radical (unpaired) electrons. The molecule has 4 heteroatoms. The second-order valence-corrected chi connectivity index (χ2v) is 6.62. The van der Waals surface area contributed by atoms with Crippen molar-refractivity contribution < 1.29 is 4.74 Å². The van der Waals surface area contributed by atoms with Gasteiger partial charge in [-0.2, -0.15) is 0 Å². The summed E-state index contributed by atoms with van der Waals surface area (Å²) in [6.07, 6.45) is 3.78. The smallest absolute Gasteiger partial charge is 0.125 e. The Labute approximate surface area is 131 Å². The van der Waals surface area contributed by atoms with Crippen LogP contribution in [0.5, 0.6) is 5.75 Å². The van der Waals surface area contributed by atoms with Crippen molar-refractivity contribution in [1.29, 1.82) is 0 Å². The molecule has 0 bridgehead atoms. The van der Waals surface area contributed by atoms with Gasteiger partial charge in [-0.3, -0.25) is 0 Å². The molecule has 0 spiro atoms. The van der Waals surface area contributed by atoms with E-state index in [0.29, 0.717) is 17.8 Å². The molecule has 3 nitrogen and oxygen atoms in total. The van der Waals surface area contributed by atoms with Crippen molar-refractivity contribution in [3.8, 4) is 5.75 Å². The third kappa shape index (κ3) is 2.64. The number of hydrogen-bond acceptors (Lipinski definition) is 2. The molecule has 1 heterocycles. The molecular weight excluding hydrogens is 284 g/mol. The fourth-order valence-corrected chi connectivity index (χ4v) is 3.94. The van der Waals surface area contributed by atoms with Gasteiger partial charge in [0.15, 0.2) is 0 Å². The van der Waals surface area contributed by atoms with Crippen molar-refractivity contribution in [2.24, 2.45) is 11.8 Å². The highest BCUT2D eigenvalue weighted by molar-refractivity contribution is 6.16. The molecule has 3 atom stereocenters. The van der Waals surface area contributed by atoms with Crippen molar-refractivity contribution in [3.05, 3.63) is 24.0 Å². The van der Waals surface area contributed by atoms with Crippen LogP contribution in [0.4, 0.5) is 0 Å². The predicted octanol–water partition coefficient (Wildman–Crippen LogP) is 4.78. The molecule has 1 fully saturated rings. The molecule has 1 aliphatic carbocycles. The molecule has 0 saturated heterocycles. The first-order valence-corrected chi connectivity index (χ1v) is 8.28. The number of fused-ring (bicyclic) bond motifs is 1. The van der Waals surface area contributed by atoms with Crippen LogP contribution >= 0.6 is 11.6 Å². The van der Waals surface area contributed by atoms with Crippen molar-refractivity contribution in [2.75, 3.05) is 7.11 Å². The predicted molar refractivity (Wildman–Crippen MR) is 87.1 cm³/mol. The lowest BCUT2D eigenvalue weighted by atomic mass is 9.79. The molecule has 2 aromatic rings. The van der Waals surface area contributed by atoms with Crippen LogP contribution in [-0.4, -0.2) is 16.7 Å². The number of hydrogen-bond donors (Lipinski definition) is 0. The summed E-state index contributed by atoms with van der Waals surface area (Å²) in [6, 6.07) is 6.63. The Balaban J connectivity index is 2.08. The summed E-state index contributed by atoms with van der Waals surface area (Å²) in [5.41, 5.74) is 2.16. The SMILES string of the molecule is COc1ccc2c(c1)nc(CCl)n2C1CCC(C)CC1C. The Hall–Kier alpha value is -1.22. The normalized spacial score (nSPS) is 26.2. The number of aromatic nitrogens is 2. The summed E-state index contributed by atoms with van der Waals surface area (Å²) in [6.45, 7) is 4.71. The van der Waals surface area contributed by atoms with Gasteiger partial charge in [0.2, 0.25) is 0 Å². The number of alkyl halides is 1. The van der Waals surface area contributed by atoms with Crippen molar-refractivity contribution >= 4 is 22.6 Å². The number of imidazole rings is 1. The van der Waals surface area contributed by atoms with Gasteiger partial charge >= 0.3 is 0 Å². The van der Waals surface area contributed by atoms with Crippen LogP contribution in [0.2, 0.25) is 0 Å². The van der Waals surface area contributed by atoms with Crippen LogP contribution in [0.25, 0.3) is 11.0 Å². The zero-order chi connectivity index (χ0) is 15.0. The molecular formula is C17H23ClN2O. The van der Waals surface area contributed by atoms with E-state index in [0.717, 1.165) is 23.0 Å². The molecule has 3 rings (SSSR count).